The average Bonchev–Trinajstić information content (AvgIpc) is 3.65. The van der Waals surface area contributed by atoms with Gasteiger partial charge in [-0.05, 0) is 29.8 Å². The number of carboxylic acid groups (broad SMARTS) is 2. The number of pyridine rings is 1. The van der Waals surface area contributed by atoms with Crippen LogP contribution in [0.4, 0.5) is 32.2 Å². The van der Waals surface area contributed by atoms with Crippen LogP contribution in [0.1, 0.15) is 5.56 Å². The highest BCUT2D eigenvalue weighted by Gasteiger charge is 2.38. The number of fused-ring (bicyclic) bond motifs is 2. The highest BCUT2D eigenvalue weighted by molar-refractivity contribution is 5.73. The SMILES string of the molecule is O=C(O)C(F)(F)F.O=C(O)C(F)(F)F.c1cncc(-c2cnc3c(N4CCN(Cc5ccc6c(c5)OCO6)CC4)nccn23)c1. The number of rotatable bonds is 4. The van der Waals surface area contributed by atoms with Crippen molar-refractivity contribution in [2.45, 2.75) is 18.9 Å². The summed E-state index contributed by atoms with van der Waals surface area (Å²) in [6, 6.07) is 10.2. The monoisotopic (exact) mass is 642 g/mol. The first kappa shape index (κ1) is 32.8. The van der Waals surface area contributed by atoms with Crippen molar-refractivity contribution in [3.63, 3.8) is 0 Å². The number of aliphatic carboxylic acids is 2. The number of carboxylic acids is 2. The van der Waals surface area contributed by atoms with Crippen molar-refractivity contribution in [1.29, 1.82) is 0 Å². The van der Waals surface area contributed by atoms with Crippen LogP contribution >= 0.6 is 0 Å². The van der Waals surface area contributed by atoms with Gasteiger partial charge >= 0.3 is 24.3 Å². The highest BCUT2D eigenvalue weighted by atomic mass is 19.4. The molecule has 12 nitrogen and oxygen atoms in total. The normalized spacial score (nSPS) is 14.7. The van der Waals surface area contributed by atoms with Crippen molar-refractivity contribution in [2.24, 2.45) is 0 Å². The molecule has 0 unspecified atom stereocenters. The zero-order valence-corrected chi connectivity index (χ0v) is 23.0. The molecule has 0 amide bonds. The summed E-state index contributed by atoms with van der Waals surface area (Å²) >= 11 is 0. The third-order valence-corrected chi connectivity index (χ3v) is 6.37. The van der Waals surface area contributed by atoms with E-state index in [1.807, 2.05) is 43.0 Å². The Balaban J connectivity index is 0.000000277. The highest BCUT2D eigenvalue weighted by Crippen LogP contribution is 2.33. The van der Waals surface area contributed by atoms with Gasteiger partial charge in [-0.1, -0.05) is 6.07 Å². The van der Waals surface area contributed by atoms with Crippen LogP contribution in [0.3, 0.4) is 0 Å². The zero-order valence-electron chi connectivity index (χ0n) is 23.0. The standard InChI is InChI=1S/C23H22N6O2.2C2HF3O2/c1-2-18(13-24-5-1)19-14-26-23-22(25-6-7-29(19)23)28-10-8-27(9-11-28)15-17-3-4-20-21(12-17)31-16-30-20;2*3-2(4,5)1(6)7/h1-7,12-14H,8-11,15-16H2;2*(H,6,7). The van der Waals surface area contributed by atoms with Crippen LogP contribution in [-0.2, 0) is 16.1 Å². The molecule has 2 aliphatic rings. The molecule has 0 saturated carbocycles. The quantitative estimate of drug-likeness (QED) is 0.311. The number of ether oxygens (including phenoxy) is 2. The van der Waals surface area contributed by atoms with Crippen molar-refractivity contribution in [2.75, 3.05) is 37.9 Å². The Morgan fingerprint density at radius 1 is 0.844 bits per heavy atom. The fourth-order valence-electron chi connectivity index (χ4n) is 4.27. The van der Waals surface area contributed by atoms with E-state index in [1.165, 1.54) is 5.56 Å². The van der Waals surface area contributed by atoms with Gasteiger partial charge in [0.05, 0.1) is 11.9 Å². The van der Waals surface area contributed by atoms with Crippen LogP contribution in [0, 0.1) is 0 Å². The summed E-state index contributed by atoms with van der Waals surface area (Å²) in [5, 5.41) is 14.2. The molecule has 5 heterocycles. The fraction of sp³-hybridized carbons (Fsp3) is 0.296. The molecular weight excluding hydrogens is 618 g/mol. The van der Waals surface area contributed by atoms with Crippen LogP contribution in [0.15, 0.2) is 61.3 Å². The Bertz CT molecular complexity index is 1600. The maximum Gasteiger partial charge on any atom is 0.490 e. The van der Waals surface area contributed by atoms with E-state index >= 15 is 0 Å². The molecule has 3 aromatic heterocycles. The van der Waals surface area contributed by atoms with Crippen LogP contribution in [0.2, 0.25) is 0 Å². The van der Waals surface area contributed by atoms with Crippen molar-refractivity contribution < 1.29 is 55.6 Å². The molecule has 0 spiro atoms. The lowest BCUT2D eigenvalue weighted by Gasteiger charge is -2.35. The zero-order chi connectivity index (χ0) is 32.8. The molecule has 0 bridgehead atoms. The summed E-state index contributed by atoms with van der Waals surface area (Å²) in [6.45, 7) is 4.96. The number of hydrogen-bond acceptors (Lipinski definition) is 9. The maximum absolute atomic E-state index is 10.6. The van der Waals surface area contributed by atoms with Crippen molar-refractivity contribution in [3.05, 3.63) is 66.9 Å². The summed E-state index contributed by atoms with van der Waals surface area (Å²) in [5.41, 5.74) is 4.19. The molecule has 4 aromatic rings. The lowest BCUT2D eigenvalue weighted by molar-refractivity contribution is -0.193. The van der Waals surface area contributed by atoms with Gasteiger partial charge in [-0.3, -0.25) is 14.3 Å². The van der Waals surface area contributed by atoms with Crippen molar-refractivity contribution in [3.8, 4) is 22.8 Å². The Labute approximate surface area is 250 Å². The molecule has 2 N–H and O–H groups in total. The first-order valence-electron chi connectivity index (χ1n) is 12.9. The Hall–Kier alpha value is -5.13. The lowest BCUT2D eigenvalue weighted by Crippen LogP contribution is -2.46. The Morgan fingerprint density at radius 2 is 1.49 bits per heavy atom. The molecular formula is C27H24F6N6O6. The number of hydrogen-bond donors (Lipinski definition) is 2. The van der Waals surface area contributed by atoms with Crippen molar-refractivity contribution >= 4 is 23.4 Å². The van der Waals surface area contributed by atoms with Crippen LogP contribution in [0.25, 0.3) is 16.9 Å². The number of alkyl halides is 6. The van der Waals surface area contributed by atoms with Gasteiger partial charge in [0.15, 0.2) is 23.0 Å². The fourth-order valence-corrected chi connectivity index (χ4v) is 4.27. The molecule has 6 rings (SSSR count). The van der Waals surface area contributed by atoms with E-state index in [4.69, 9.17) is 29.3 Å². The van der Waals surface area contributed by atoms with Gasteiger partial charge < -0.3 is 24.6 Å². The number of piperazine rings is 1. The summed E-state index contributed by atoms with van der Waals surface area (Å²) in [7, 11) is 0. The van der Waals surface area contributed by atoms with E-state index in [0.717, 1.165) is 66.9 Å². The van der Waals surface area contributed by atoms with E-state index in [0.29, 0.717) is 6.79 Å². The second-order valence-corrected chi connectivity index (χ2v) is 9.39. The first-order valence-corrected chi connectivity index (χ1v) is 12.9. The van der Waals surface area contributed by atoms with Crippen LogP contribution in [-0.4, -0.2) is 91.7 Å². The summed E-state index contributed by atoms with van der Waals surface area (Å²) in [5.74, 6) is -2.91. The van der Waals surface area contributed by atoms with E-state index in [9.17, 15) is 26.3 Å². The number of aromatic nitrogens is 4. The number of carbonyl (C=O) groups is 2. The third-order valence-electron chi connectivity index (χ3n) is 6.37. The molecule has 1 fully saturated rings. The number of nitrogens with zero attached hydrogens (tertiary/aromatic N) is 6. The van der Waals surface area contributed by atoms with Gasteiger partial charge in [-0.2, -0.15) is 26.3 Å². The largest absolute Gasteiger partial charge is 0.490 e. The molecule has 0 radical (unpaired) electrons. The number of benzene rings is 1. The smallest absolute Gasteiger partial charge is 0.475 e. The van der Waals surface area contributed by atoms with E-state index in [1.54, 1.807) is 6.20 Å². The maximum atomic E-state index is 10.6. The van der Waals surface area contributed by atoms with E-state index < -0.39 is 24.3 Å². The molecule has 1 saturated heterocycles. The summed E-state index contributed by atoms with van der Waals surface area (Å²) in [4.78, 5) is 36.2. The summed E-state index contributed by atoms with van der Waals surface area (Å²) in [6.07, 6.45) is -0.818. The van der Waals surface area contributed by atoms with Gasteiger partial charge in [-0.25, -0.2) is 19.6 Å². The summed E-state index contributed by atoms with van der Waals surface area (Å²) < 4.78 is 76.5. The second kappa shape index (κ2) is 13.7. The van der Waals surface area contributed by atoms with Gasteiger partial charge in [0.25, 0.3) is 0 Å². The number of halogens is 6. The van der Waals surface area contributed by atoms with E-state index in [-0.39, 0.29) is 0 Å². The number of anilines is 1. The molecule has 240 valence electrons. The second-order valence-electron chi connectivity index (χ2n) is 9.39. The van der Waals surface area contributed by atoms with Gasteiger partial charge in [-0.15, -0.1) is 0 Å². The van der Waals surface area contributed by atoms with Crippen LogP contribution in [0.5, 0.6) is 11.5 Å². The van der Waals surface area contributed by atoms with Gasteiger partial charge in [0.2, 0.25) is 6.79 Å². The molecule has 1 aromatic carbocycles. The topological polar surface area (TPSA) is 143 Å². The molecule has 45 heavy (non-hydrogen) atoms. The third kappa shape index (κ3) is 8.49. The molecule has 0 aliphatic carbocycles. The molecule has 2 aliphatic heterocycles. The Kier molecular flexibility index (Phi) is 9.95. The minimum Gasteiger partial charge on any atom is -0.475 e. The molecule has 18 heteroatoms. The Morgan fingerprint density at radius 3 is 2.09 bits per heavy atom. The van der Waals surface area contributed by atoms with Crippen molar-refractivity contribution in [1.82, 2.24) is 24.3 Å². The van der Waals surface area contributed by atoms with Gasteiger partial charge in [0, 0.05) is 63.1 Å². The average molecular weight is 643 g/mol. The first-order chi connectivity index (χ1) is 21.2. The molecule has 0 atom stereocenters. The van der Waals surface area contributed by atoms with E-state index in [2.05, 4.69) is 41.3 Å². The van der Waals surface area contributed by atoms with Gasteiger partial charge in [0.1, 0.15) is 0 Å². The predicted octanol–water partition coefficient (Wildman–Crippen LogP) is 4.11. The minimum absolute atomic E-state index is 0.312. The predicted molar refractivity (Wildman–Crippen MR) is 144 cm³/mol. The minimum atomic E-state index is -5.08. The lowest BCUT2D eigenvalue weighted by atomic mass is 10.1. The van der Waals surface area contributed by atoms with Crippen LogP contribution < -0.4 is 14.4 Å². The number of imidazole rings is 1.